The lowest BCUT2D eigenvalue weighted by atomic mass is 10.0. The Labute approximate surface area is 200 Å². The molecule has 0 bridgehead atoms. The number of carbonyl (C=O) groups is 1. The minimum absolute atomic E-state index is 0.0741. The van der Waals surface area contributed by atoms with Crippen LogP contribution >= 0.6 is 11.3 Å². The van der Waals surface area contributed by atoms with Gasteiger partial charge in [-0.1, -0.05) is 24.3 Å². The van der Waals surface area contributed by atoms with Crippen LogP contribution in [0.3, 0.4) is 0 Å². The lowest BCUT2D eigenvalue weighted by Crippen LogP contribution is -2.44. The number of thiazole rings is 1. The monoisotopic (exact) mass is 489 g/mol. The molecule has 1 saturated heterocycles. The van der Waals surface area contributed by atoms with Gasteiger partial charge in [0.1, 0.15) is 15.6 Å². The lowest BCUT2D eigenvalue weighted by Gasteiger charge is -2.32. The van der Waals surface area contributed by atoms with Gasteiger partial charge in [-0.3, -0.25) is 9.69 Å². The summed E-state index contributed by atoms with van der Waals surface area (Å²) in [4.78, 5) is 20.2. The molecule has 34 heavy (non-hydrogen) atoms. The van der Waals surface area contributed by atoms with Crippen LogP contribution in [0.4, 0.5) is 13.2 Å². The molecule has 9 heteroatoms. The highest BCUT2D eigenvalue weighted by molar-refractivity contribution is 7.17. The van der Waals surface area contributed by atoms with Crippen LogP contribution in [-0.2, 0) is 12.7 Å². The van der Waals surface area contributed by atoms with Gasteiger partial charge in [-0.2, -0.15) is 13.2 Å². The molecule has 5 nitrogen and oxygen atoms in total. The summed E-state index contributed by atoms with van der Waals surface area (Å²) in [5.41, 5.74) is 1.62. The van der Waals surface area contributed by atoms with Gasteiger partial charge in [0, 0.05) is 31.2 Å². The first-order valence-corrected chi connectivity index (χ1v) is 11.9. The Hall–Kier alpha value is -2.91. The van der Waals surface area contributed by atoms with Crippen LogP contribution in [-0.4, -0.2) is 42.0 Å². The molecule has 1 fully saturated rings. The van der Waals surface area contributed by atoms with Crippen molar-refractivity contribution in [3.8, 4) is 16.3 Å². The Morgan fingerprint density at radius 2 is 1.88 bits per heavy atom. The highest BCUT2D eigenvalue weighted by Crippen LogP contribution is 2.33. The topological polar surface area (TPSA) is 54.5 Å². The van der Waals surface area contributed by atoms with Gasteiger partial charge in [0.15, 0.2) is 0 Å². The normalized spacial score (nSPS) is 15.3. The fourth-order valence-corrected chi connectivity index (χ4v) is 5.02. The van der Waals surface area contributed by atoms with Gasteiger partial charge < -0.3 is 10.1 Å². The molecule has 1 N–H and O–H groups in total. The zero-order valence-corrected chi connectivity index (χ0v) is 19.8. The molecule has 180 valence electrons. The summed E-state index contributed by atoms with van der Waals surface area (Å²) in [6, 6.07) is 12.9. The van der Waals surface area contributed by atoms with E-state index in [1.807, 2.05) is 18.2 Å². The minimum Gasteiger partial charge on any atom is -0.497 e. The maximum absolute atomic E-state index is 12.9. The maximum Gasteiger partial charge on any atom is 0.416 e. The third-order valence-corrected chi connectivity index (χ3v) is 7.13. The number of halogens is 3. The van der Waals surface area contributed by atoms with Crippen LogP contribution < -0.4 is 10.1 Å². The summed E-state index contributed by atoms with van der Waals surface area (Å²) in [6.07, 6.45) is -2.69. The van der Waals surface area contributed by atoms with Crippen LogP contribution in [0.25, 0.3) is 10.6 Å². The molecule has 1 aliphatic heterocycles. The third kappa shape index (κ3) is 5.77. The summed E-state index contributed by atoms with van der Waals surface area (Å²) in [5.74, 6) is 0.662. The van der Waals surface area contributed by atoms with Crippen molar-refractivity contribution in [1.29, 1.82) is 0 Å². The average Bonchev–Trinajstić information content (AvgIpc) is 3.22. The number of methoxy groups -OCH3 is 1. The third-order valence-electron chi connectivity index (χ3n) is 5.93. The highest BCUT2D eigenvalue weighted by atomic mass is 32.1. The Kier molecular flexibility index (Phi) is 7.23. The van der Waals surface area contributed by atoms with Gasteiger partial charge in [-0.15, -0.1) is 11.3 Å². The van der Waals surface area contributed by atoms with Gasteiger partial charge in [0.2, 0.25) is 0 Å². The number of benzene rings is 2. The number of amides is 1. The molecule has 3 aromatic rings. The van der Waals surface area contributed by atoms with Crippen molar-refractivity contribution >= 4 is 17.2 Å². The van der Waals surface area contributed by atoms with E-state index in [0.717, 1.165) is 50.4 Å². The first-order valence-electron chi connectivity index (χ1n) is 11.0. The summed E-state index contributed by atoms with van der Waals surface area (Å²) in [6.45, 7) is 4.33. The van der Waals surface area contributed by atoms with E-state index in [1.54, 1.807) is 14.0 Å². The van der Waals surface area contributed by atoms with Crippen molar-refractivity contribution in [2.75, 3.05) is 20.2 Å². The molecular formula is C25H26F3N3O2S. The first kappa shape index (κ1) is 24.2. The second kappa shape index (κ2) is 10.1. The van der Waals surface area contributed by atoms with E-state index in [9.17, 15) is 18.0 Å². The highest BCUT2D eigenvalue weighted by Gasteiger charge is 2.30. The minimum atomic E-state index is -4.38. The van der Waals surface area contributed by atoms with Crippen molar-refractivity contribution < 1.29 is 22.7 Å². The van der Waals surface area contributed by atoms with Crippen LogP contribution in [0, 0.1) is 6.92 Å². The van der Waals surface area contributed by atoms with Crippen molar-refractivity contribution in [3.05, 3.63) is 70.2 Å². The molecule has 0 atom stereocenters. The summed E-state index contributed by atoms with van der Waals surface area (Å²) < 4.78 is 43.7. The number of nitrogens with zero attached hydrogens (tertiary/aromatic N) is 2. The molecular weight excluding hydrogens is 463 g/mol. The summed E-state index contributed by atoms with van der Waals surface area (Å²) in [7, 11) is 1.66. The van der Waals surface area contributed by atoms with E-state index in [4.69, 9.17) is 4.74 Å². The zero-order chi connectivity index (χ0) is 24.3. The Morgan fingerprint density at radius 3 is 2.53 bits per heavy atom. The number of aryl methyl sites for hydroxylation is 1. The number of hydrogen-bond acceptors (Lipinski definition) is 5. The van der Waals surface area contributed by atoms with Crippen LogP contribution in [0.1, 0.15) is 39.3 Å². The predicted octanol–water partition coefficient (Wildman–Crippen LogP) is 5.54. The fourth-order valence-electron chi connectivity index (χ4n) is 4.05. The van der Waals surface area contributed by atoms with E-state index in [-0.39, 0.29) is 11.9 Å². The number of aromatic nitrogens is 1. The number of piperidine rings is 1. The molecule has 0 radical (unpaired) electrons. The molecule has 1 aromatic heterocycles. The molecule has 0 aliphatic carbocycles. The number of likely N-dealkylation sites (tertiary alicyclic amines) is 1. The number of ether oxygens (including phenoxy) is 1. The van der Waals surface area contributed by atoms with Crippen LogP contribution in [0.5, 0.6) is 5.75 Å². The predicted molar refractivity (Wildman–Crippen MR) is 126 cm³/mol. The molecule has 1 aliphatic rings. The lowest BCUT2D eigenvalue weighted by molar-refractivity contribution is -0.137. The first-order chi connectivity index (χ1) is 16.2. The number of nitrogens with one attached hydrogen (secondary N) is 1. The SMILES string of the molecule is COc1cccc(CN2CCC(NC(=O)c3sc(-c4ccc(C(F)(F)F)cc4)nc3C)CC2)c1. The molecule has 0 spiro atoms. The van der Waals surface area contributed by atoms with Gasteiger partial charge in [0.05, 0.1) is 18.4 Å². The molecule has 0 saturated carbocycles. The van der Waals surface area contributed by atoms with Crippen LogP contribution in [0.15, 0.2) is 48.5 Å². The molecule has 1 amide bonds. The smallest absolute Gasteiger partial charge is 0.416 e. The fraction of sp³-hybridized carbons (Fsp3) is 0.360. The average molecular weight is 490 g/mol. The Morgan fingerprint density at radius 1 is 1.18 bits per heavy atom. The molecule has 4 rings (SSSR count). The van der Waals surface area contributed by atoms with E-state index < -0.39 is 11.7 Å². The van der Waals surface area contributed by atoms with Gasteiger partial charge >= 0.3 is 6.18 Å². The maximum atomic E-state index is 12.9. The molecule has 2 heterocycles. The van der Waals surface area contributed by atoms with Crippen molar-refractivity contribution in [1.82, 2.24) is 15.2 Å². The van der Waals surface area contributed by atoms with E-state index in [0.29, 0.717) is 21.1 Å². The Bertz CT molecular complexity index is 1140. The zero-order valence-electron chi connectivity index (χ0n) is 19.0. The second-order valence-corrected chi connectivity index (χ2v) is 9.38. The van der Waals surface area contributed by atoms with Crippen molar-refractivity contribution in [3.63, 3.8) is 0 Å². The number of alkyl halides is 3. The van der Waals surface area contributed by atoms with Crippen LogP contribution in [0.2, 0.25) is 0 Å². The number of carbonyl (C=O) groups excluding carboxylic acids is 1. The quantitative estimate of drug-likeness (QED) is 0.494. The van der Waals surface area contributed by atoms with Gasteiger partial charge in [0.25, 0.3) is 5.91 Å². The van der Waals surface area contributed by atoms with Crippen molar-refractivity contribution in [2.45, 2.75) is 38.5 Å². The summed E-state index contributed by atoms with van der Waals surface area (Å²) >= 11 is 1.20. The molecule has 0 unspecified atom stereocenters. The largest absolute Gasteiger partial charge is 0.497 e. The van der Waals surface area contributed by atoms with E-state index in [1.165, 1.54) is 29.0 Å². The van der Waals surface area contributed by atoms with E-state index in [2.05, 4.69) is 21.3 Å². The van der Waals surface area contributed by atoms with Gasteiger partial charge in [-0.05, 0) is 49.6 Å². The standard InChI is InChI=1S/C25H26F3N3O2S/c1-16-22(34-24(29-16)18-6-8-19(9-7-18)25(26,27)28)23(32)30-20-10-12-31(13-11-20)15-17-4-3-5-21(14-17)33-2/h3-9,14,20H,10-13,15H2,1-2H3,(H,30,32). The molecule has 2 aromatic carbocycles. The van der Waals surface area contributed by atoms with Gasteiger partial charge in [-0.25, -0.2) is 4.98 Å². The van der Waals surface area contributed by atoms with Crippen molar-refractivity contribution in [2.24, 2.45) is 0 Å². The number of rotatable bonds is 6. The summed E-state index contributed by atoms with van der Waals surface area (Å²) in [5, 5.41) is 3.64. The number of hydrogen-bond donors (Lipinski definition) is 1. The Balaban J connectivity index is 1.33. The van der Waals surface area contributed by atoms with E-state index >= 15 is 0 Å². The second-order valence-electron chi connectivity index (χ2n) is 8.38.